The molecule has 4 aromatic rings. The second kappa shape index (κ2) is 9.75. The summed E-state index contributed by atoms with van der Waals surface area (Å²) in [7, 11) is 0. The number of H-pyrrole nitrogens is 1. The largest absolute Gasteiger partial charge is 0.416 e. The van der Waals surface area contributed by atoms with E-state index in [1.165, 1.54) is 0 Å². The summed E-state index contributed by atoms with van der Waals surface area (Å²) in [6.07, 6.45) is 4.02. The number of benzene rings is 1. The lowest BCUT2D eigenvalue weighted by atomic mass is 9.88. The molecule has 1 aliphatic heterocycles. The summed E-state index contributed by atoms with van der Waals surface area (Å²) in [6.45, 7) is 7.97. The van der Waals surface area contributed by atoms with Crippen molar-refractivity contribution in [2.45, 2.75) is 46.0 Å². The number of nitrogens with one attached hydrogen (secondary N) is 2. The van der Waals surface area contributed by atoms with E-state index in [-0.39, 0.29) is 41.0 Å². The molecule has 0 saturated carbocycles. The van der Waals surface area contributed by atoms with Gasteiger partial charge in [0.05, 0.1) is 11.9 Å². The van der Waals surface area contributed by atoms with Crippen molar-refractivity contribution in [1.82, 2.24) is 30.1 Å². The van der Waals surface area contributed by atoms with Gasteiger partial charge in [0.1, 0.15) is 11.2 Å². The van der Waals surface area contributed by atoms with E-state index in [1.54, 1.807) is 41.0 Å². The summed E-state index contributed by atoms with van der Waals surface area (Å²) in [5.41, 5.74) is 3.12. The van der Waals surface area contributed by atoms with E-state index in [1.807, 2.05) is 20.8 Å². The average molecular weight is 497 g/mol. The van der Waals surface area contributed by atoms with E-state index in [0.29, 0.717) is 34.6 Å². The smallest absolute Gasteiger partial charge is 0.253 e. The first-order valence-corrected chi connectivity index (χ1v) is 11.6. The molecule has 184 valence electrons. The minimum Gasteiger partial charge on any atom is -0.416 e. The number of carbonyl (C=O) groups is 1. The van der Waals surface area contributed by atoms with Crippen molar-refractivity contribution in [3.8, 4) is 22.9 Å². The van der Waals surface area contributed by atoms with Gasteiger partial charge in [-0.25, -0.2) is 4.52 Å². The number of rotatable bonds is 5. The topological polar surface area (TPSA) is 118 Å². The second-order valence-corrected chi connectivity index (χ2v) is 10.1. The van der Waals surface area contributed by atoms with E-state index in [9.17, 15) is 9.59 Å². The molecule has 1 fully saturated rings. The Bertz CT molecular complexity index is 1390. The van der Waals surface area contributed by atoms with Crippen LogP contribution in [0.25, 0.3) is 28.6 Å². The van der Waals surface area contributed by atoms with Crippen molar-refractivity contribution in [1.29, 1.82) is 0 Å². The summed E-state index contributed by atoms with van der Waals surface area (Å²) in [6, 6.07) is 8.80. The van der Waals surface area contributed by atoms with Gasteiger partial charge in [-0.05, 0) is 43.5 Å². The van der Waals surface area contributed by atoms with Gasteiger partial charge in [-0.1, -0.05) is 32.9 Å². The van der Waals surface area contributed by atoms with Crippen LogP contribution >= 0.6 is 12.4 Å². The van der Waals surface area contributed by atoms with E-state index < -0.39 is 0 Å². The van der Waals surface area contributed by atoms with Crippen LogP contribution in [-0.4, -0.2) is 43.7 Å². The highest BCUT2D eigenvalue weighted by Crippen LogP contribution is 2.30. The predicted molar refractivity (Wildman–Crippen MR) is 135 cm³/mol. The summed E-state index contributed by atoms with van der Waals surface area (Å²) < 4.78 is 7.71. The number of carbonyl (C=O) groups excluding carboxylic acids is 1. The zero-order chi connectivity index (χ0) is 23.9. The molecule has 4 heterocycles. The number of aromatic nitrogens is 5. The monoisotopic (exact) mass is 496 g/mol. The fraction of sp³-hybridized carbons (Fsp3) is 0.400. The van der Waals surface area contributed by atoms with Crippen molar-refractivity contribution < 1.29 is 9.21 Å². The van der Waals surface area contributed by atoms with E-state index in [4.69, 9.17) is 4.42 Å². The third kappa shape index (κ3) is 5.21. The Morgan fingerprint density at radius 1 is 1.11 bits per heavy atom. The molecule has 1 saturated heterocycles. The maximum atomic E-state index is 12.5. The number of aromatic amines is 1. The molecule has 10 heteroatoms. The molecule has 5 rings (SSSR count). The van der Waals surface area contributed by atoms with Crippen molar-refractivity contribution in [2.24, 2.45) is 5.41 Å². The molecular formula is C25H29ClN6O3. The maximum Gasteiger partial charge on any atom is 0.253 e. The third-order valence-electron chi connectivity index (χ3n) is 6.09. The van der Waals surface area contributed by atoms with Crippen molar-refractivity contribution in [3.63, 3.8) is 0 Å². The van der Waals surface area contributed by atoms with Crippen LogP contribution in [-0.2, 0) is 0 Å². The SMILES string of the molecule is CC(C)(C)CC(=O)c1ccc(-c2nnc(-c3cnn4c(C5CCNCC5)cc(=O)[nH]c34)o2)cc1.Cl. The molecule has 0 spiro atoms. The van der Waals surface area contributed by atoms with Gasteiger partial charge in [-0.2, -0.15) is 5.10 Å². The van der Waals surface area contributed by atoms with E-state index in [2.05, 4.69) is 25.6 Å². The Hall–Kier alpha value is -3.30. The molecule has 1 aliphatic rings. The summed E-state index contributed by atoms with van der Waals surface area (Å²) >= 11 is 0. The first kappa shape index (κ1) is 24.8. The lowest BCUT2D eigenvalue weighted by molar-refractivity contribution is 0.0940. The molecular weight excluding hydrogens is 468 g/mol. The fourth-order valence-electron chi connectivity index (χ4n) is 4.41. The van der Waals surface area contributed by atoms with Crippen LogP contribution < -0.4 is 10.9 Å². The number of hydrogen-bond donors (Lipinski definition) is 2. The van der Waals surface area contributed by atoms with Crippen LogP contribution in [0.3, 0.4) is 0 Å². The summed E-state index contributed by atoms with van der Waals surface area (Å²) in [5, 5.41) is 16.2. The van der Waals surface area contributed by atoms with Crippen LogP contribution in [0, 0.1) is 5.41 Å². The quantitative estimate of drug-likeness (QED) is 0.396. The number of fused-ring (bicyclic) bond motifs is 1. The number of halogens is 1. The molecule has 0 unspecified atom stereocenters. The zero-order valence-electron chi connectivity index (χ0n) is 20.0. The summed E-state index contributed by atoms with van der Waals surface area (Å²) in [4.78, 5) is 27.8. The van der Waals surface area contributed by atoms with Crippen LogP contribution in [0.15, 0.2) is 45.7 Å². The first-order valence-electron chi connectivity index (χ1n) is 11.6. The van der Waals surface area contributed by atoms with Gasteiger partial charge in [0, 0.05) is 29.5 Å². The first-order chi connectivity index (χ1) is 16.3. The highest BCUT2D eigenvalue weighted by molar-refractivity contribution is 5.96. The molecule has 9 nitrogen and oxygen atoms in total. The van der Waals surface area contributed by atoms with Crippen LogP contribution in [0.4, 0.5) is 0 Å². The lowest BCUT2D eigenvalue weighted by Crippen LogP contribution is -2.28. The standard InChI is InChI=1S/C25H28N6O3.ClH/c1-25(2,3)13-20(32)16-4-6-17(7-5-16)23-29-30-24(34-23)18-14-27-31-19(12-21(33)28-22(18)31)15-8-10-26-11-9-15;/h4-7,12,14-15,26H,8-11,13H2,1-3H3,(H,28,33);1H. The van der Waals surface area contributed by atoms with Crippen molar-refractivity contribution in [2.75, 3.05) is 13.1 Å². The normalized spacial score (nSPS) is 14.7. The molecule has 0 atom stereocenters. The maximum absolute atomic E-state index is 12.5. The minimum atomic E-state index is -0.182. The number of Topliss-reactive ketones (excluding diaryl/α,β-unsaturated/α-hetero) is 1. The van der Waals surface area contributed by atoms with Crippen LogP contribution in [0.2, 0.25) is 0 Å². The Labute approximate surface area is 208 Å². The predicted octanol–water partition coefficient (Wildman–Crippen LogP) is 4.25. The molecule has 0 bridgehead atoms. The highest BCUT2D eigenvalue weighted by atomic mass is 35.5. The van der Waals surface area contributed by atoms with Crippen LogP contribution in [0.1, 0.15) is 62.0 Å². The zero-order valence-corrected chi connectivity index (χ0v) is 20.8. The Morgan fingerprint density at radius 2 is 1.80 bits per heavy atom. The van der Waals surface area contributed by atoms with Gasteiger partial charge in [0.2, 0.25) is 5.89 Å². The molecule has 1 aromatic carbocycles. The van der Waals surface area contributed by atoms with Gasteiger partial charge in [0.15, 0.2) is 5.78 Å². The van der Waals surface area contributed by atoms with Gasteiger partial charge in [0.25, 0.3) is 11.4 Å². The summed E-state index contributed by atoms with van der Waals surface area (Å²) in [5.74, 6) is 0.971. The van der Waals surface area contributed by atoms with Crippen LogP contribution in [0.5, 0.6) is 0 Å². The third-order valence-corrected chi connectivity index (χ3v) is 6.09. The Balaban J connectivity index is 0.00000289. The van der Waals surface area contributed by atoms with Gasteiger partial charge in [-0.15, -0.1) is 22.6 Å². The Kier molecular flexibility index (Phi) is 6.91. The Morgan fingerprint density at radius 3 is 2.49 bits per heavy atom. The van der Waals surface area contributed by atoms with Crippen molar-refractivity contribution >= 4 is 23.8 Å². The molecule has 0 radical (unpaired) electrons. The molecule has 0 amide bonds. The number of ketones is 1. The lowest BCUT2D eigenvalue weighted by Gasteiger charge is -2.23. The molecule has 0 aliphatic carbocycles. The van der Waals surface area contributed by atoms with Gasteiger partial charge in [-0.3, -0.25) is 9.59 Å². The van der Waals surface area contributed by atoms with E-state index >= 15 is 0 Å². The number of piperidine rings is 1. The minimum absolute atomic E-state index is 0. The number of hydrogen-bond acceptors (Lipinski definition) is 7. The average Bonchev–Trinajstić information content (AvgIpc) is 3.45. The molecule has 35 heavy (non-hydrogen) atoms. The second-order valence-electron chi connectivity index (χ2n) is 10.1. The van der Waals surface area contributed by atoms with Gasteiger partial charge < -0.3 is 14.7 Å². The number of nitrogens with zero attached hydrogens (tertiary/aromatic N) is 4. The highest BCUT2D eigenvalue weighted by Gasteiger charge is 2.23. The molecule has 2 N–H and O–H groups in total. The molecule has 3 aromatic heterocycles. The van der Waals surface area contributed by atoms with Gasteiger partial charge >= 0.3 is 0 Å². The fourth-order valence-corrected chi connectivity index (χ4v) is 4.41. The van der Waals surface area contributed by atoms with Crippen molar-refractivity contribution in [3.05, 3.63) is 58.1 Å². The van der Waals surface area contributed by atoms with E-state index in [0.717, 1.165) is 31.6 Å².